The van der Waals surface area contributed by atoms with E-state index in [-0.39, 0.29) is 6.04 Å². The zero-order valence-electron chi connectivity index (χ0n) is 10.8. The Kier molecular flexibility index (Phi) is 4.10. The van der Waals surface area contributed by atoms with Crippen LogP contribution in [-0.4, -0.2) is 20.8 Å². The lowest BCUT2D eigenvalue weighted by atomic mass is 9.95. The normalized spacial score (nSPS) is 16.5. The van der Waals surface area contributed by atoms with Gasteiger partial charge in [0.15, 0.2) is 0 Å². The Bertz CT molecular complexity index is 443. The fourth-order valence-corrected chi connectivity index (χ4v) is 2.10. The van der Waals surface area contributed by atoms with Crippen molar-refractivity contribution in [3.63, 3.8) is 0 Å². The predicted molar refractivity (Wildman–Crippen MR) is 69.7 cm³/mol. The standard InChI is InChI=1S/C14H19NO3/c1-16-11-5-6-13(17-2)12(8-11)14(15)10-4-3-7-18-9-10/h5-6,8-9,14H,3-4,7,15H2,1-2H3. The first-order chi connectivity index (χ1) is 8.76. The van der Waals surface area contributed by atoms with Crippen LogP contribution in [0.25, 0.3) is 0 Å². The largest absolute Gasteiger partial charge is 0.501 e. The Morgan fingerprint density at radius 1 is 1.28 bits per heavy atom. The van der Waals surface area contributed by atoms with Gasteiger partial charge in [-0.1, -0.05) is 0 Å². The highest BCUT2D eigenvalue weighted by molar-refractivity contribution is 5.45. The number of nitrogens with two attached hydrogens (primary N) is 1. The zero-order valence-corrected chi connectivity index (χ0v) is 10.8. The monoisotopic (exact) mass is 249 g/mol. The molecule has 0 fully saturated rings. The van der Waals surface area contributed by atoms with E-state index in [1.165, 1.54) is 0 Å². The van der Waals surface area contributed by atoms with Crippen molar-refractivity contribution in [1.82, 2.24) is 0 Å². The molecule has 1 aliphatic heterocycles. The third-order valence-corrected chi connectivity index (χ3v) is 3.13. The molecule has 0 aromatic heterocycles. The molecule has 1 atom stereocenters. The molecule has 1 unspecified atom stereocenters. The maximum absolute atomic E-state index is 6.29. The van der Waals surface area contributed by atoms with Crippen molar-refractivity contribution in [2.24, 2.45) is 5.73 Å². The Morgan fingerprint density at radius 2 is 2.11 bits per heavy atom. The summed E-state index contributed by atoms with van der Waals surface area (Å²) in [5.41, 5.74) is 8.30. The number of rotatable bonds is 4. The third-order valence-electron chi connectivity index (χ3n) is 3.13. The molecule has 0 amide bonds. The van der Waals surface area contributed by atoms with Gasteiger partial charge in [-0.3, -0.25) is 0 Å². The zero-order chi connectivity index (χ0) is 13.0. The molecule has 4 heteroatoms. The SMILES string of the molecule is COc1ccc(OC)c(C(N)C2=COCCC2)c1. The van der Waals surface area contributed by atoms with Crippen LogP contribution in [-0.2, 0) is 4.74 Å². The van der Waals surface area contributed by atoms with Gasteiger partial charge in [0.25, 0.3) is 0 Å². The van der Waals surface area contributed by atoms with Gasteiger partial charge < -0.3 is 19.9 Å². The summed E-state index contributed by atoms with van der Waals surface area (Å²) in [7, 11) is 3.28. The smallest absolute Gasteiger partial charge is 0.124 e. The van der Waals surface area contributed by atoms with E-state index >= 15 is 0 Å². The summed E-state index contributed by atoms with van der Waals surface area (Å²) in [6.45, 7) is 0.769. The fourth-order valence-electron chi connectivity index (χ4n) is 2.10. The first kappa shape index (κ1) is 12.8. The summed E-state index contributed by atoms with van der Waals surface area (Å²) in [6.07, 6.45) is 3.74. The van der Waals surface area contributed by atoms with Gasteiger partial charge in [0.1, 0.15) is 11.5 Å². The first-order valence-corrected chi connectivity index (χ1v) is 6.04. The predicted octanol–water partition coefficient (Wildman–Crippen LogP) is 2.40. The summed E-state index contributed by atoms with van der Waals surface area (Å²) < 4.78 is 15.9. The summed E-state index contributed by atoms with van der Waals surface area (Å²) in [5, 5.41) is 0. The topological polar surface area (TPSA) is 53.7 Å². The molecule has 4 nitrogen and oxygen atoms in total. The summed E-state index contributed by atoms with van der Waals surface area (Å²) in [4.78, 5) is 0. The molecule has 2 N–H and O–H groups in total. The van der Waals surface area contributed by atoms with E-state index in [1.807, 2.05) is 18.2 Å². The van der Waals surface area contributed by atoms with Crippen molar-refractivity contribution >= 4 is 0 Å². The molecule has 0 saturated heterocycles. The molecular formula is C14H19NO3. The summed E-state index contributed by atoms with van der Waals surface area (Å²) in [5.74, 6) is 1.55. The fraction of sp³-hybridized carbons (Fsp3) is 0.429. The lowest BCUT2D eigenvalue weighted by Crippen LogP contribution is -2.17. The van der Waals surface area contributed by atoms with E-state index in [4.69, 9.17) is 19.9 Å². The van der Waals surface area contributed by atoms with Crippen molar-refractivity contribution < 1.29 is 14.2 Å². The van der Waals surface area contributed by atoms with Crippen molar-refractivity contribution in [2.75, 3.05) is 20.8 Å². The molecule has 0 saturated carbocycles. The van der Waals surface area contributed by atoms with Gasteiger partial charge >= 0.3 is 0 Å². The number of hydrogen-bond acceptors (Lipinski definition) is 4. The average Bonchev–Trinajstić information content (AvgIpc) is 2.46. The molecule has 18 heavy (non-hydrogen) atoms. The number of hydrogen-bond donors (Lipinski definition) is 1. The first-order valence-electron chi connectivity index (χ1n) is 6.04. The summed E-state index contributed by atoms with van der Waals surface area (Å²) >= 11 is 0. The Balaban J connectivity index is 2.32. The summed E-state index contributed by atoms with van der Waals surface area (Å²) in [6, 6.07) is 5.44. The molecule has 1 heterocycles. The lowest BCUT2D eigenvalue weighted by Gasteiger charge is -2.22. The molecule has 98 valence electrons. The molecule has 1 aromatic carbocycles. The average molecular weight is 249 g/mol. The molecule has 2 rings (SSSR count). The second-order valence-electron chi connectivity index (χ2n) is 4.25. The molecule has 0 bridgehead atoms. The number of ether oxygens (including phenoxy) is 3. The van der Waals surface area contributed by atoms with Gasteiger partial charge in [0, 0.05) is 5.56 Å². The highest BCUT2D eigenvalue weighted by atomic mass is 16.5. The van der Waals surface area contributed by atoms with Crippen LogP contribution in [0.5, 0.6) is 11.5 Å². The minimum Gasteiger partial charge on any atom is -0.501 e. The maximum atomic E-state index is 6.29. The minimum absolute atomic E-state index is 0.213. The number of methoxy groups -OCH3 is 2. The highest BCUT2D eigenvalue weighted by Gasteiger charge is 2.19. The van der Waals surface area contributed by atoms with Crippen LogP contribution in [0.15, 0.2) is 30.0 Å². The van der Waals surface area contributed by atoms with Crippen molar-refractivity contribution in [1.29, 1.82) is 0 Å². The van der Waals surface area contributed by atoms with Crippen molar-refractivity contribution in [2.45, 2.75) is 18.9 Å². The van der Waals surface area contributed by atoms with Crippen LogP contribution < -0.4 is 15.2 Å². The Hall–Kier alpha value is -1.68. The molecule has 0 radical (unpaired) electrons. The van der Waals surface area contributed by atoms with Crippen molar-refractivity contribution in [3.05, 3.63) is 35.6 Å². The second-order valence-corrected chi connectivity index (χ2v) is 4.25. The van der Waals surface area contributed by atoms with Gasteiger partial charge in [-0.25, -0.2) is 0 Å². The molecule has 0 spiro atoms. The molecule has 1 aliphatic rings. The van der Waals surface area contributed by atoms with E-state index in [2.05, 4.69) is 0 Å². The minimum atomic E-state index is -0.213. The number of benzene rings is 1. The van der Waals surface area contributed by atoms with Gasteiger partial charge in [0.05, 0.1) is 33.1 Å². The highest BCUT2D eigenvalue weighted by Crippen LogP contribution is 2.34. The Labute approximate surface area is 107 Å². The van der Waals surface area contributed by atoms with Crippen LogP contribution in [0.1, 0.15) is 24.4 Å². The van der Waals surface area contributed by atoms with Gasteiger partial charge in [-0.15, -0.1) is 0 Å². The third kappa shape index (κ3) is 2.59. The molecule has 1 aromatic rings. The quantitative estimate of drug-likeness (QED) is 0.890. The van der Waals surface area contributed by atoms with E-state index in [0.29, 0.717) is 0 Å². The van der Waals surface area contributed by atoms with E-state index in [0.717, 1.165) is 42.1 Å². The Morgan fingerprint density at radius 3 is 2.72 bits per heavy atom. The van der Waals surface area contributed by atoms with E-state index in [9.17, 15) is 0 Å². The van der Waals surface area contributed by atoms with Crippen molar-refractivity contribution in [3.8, 4) is 11.5 Å². The maximum Gasteiger partial charge on any atom is 0.124 e. The van der Waals surface area contributed by atoms with Gasteiger partial charge in [-0.05, 0) is 36.6 Å². The lowest BCUT2D eigenvalue weighted by molar-refractivity contribution is 0.221. The van der Waals surface area contributed by atoms with Gasteiger partial charge in [0.2, 0.25) is 0 Å². The van der Waals surface area contributed by atoms with Crippen LogP contribution in [0.4, 0.5) is 0 Å². The van der Waals surface area contributed by atoms with Crippen LogP contribution >= 0.6 is 0 Å². The van der Waals surface area contributed by atoms with Crippen LogP contribution in [0.3, 0.4) is 0 Å². The van der Waals surface area contributed by atoms with Crippen LogP contribution in [0.2, 0.25) is 0 Å². The molecule has 0 aliphatic carbocycles. The molecular weight excluding hydrogens is 230 g/mol. The second kappa shape index (κ2) is 5.78. The van der Waals surface area contributed by atoms with E-state index < -0.39 is 0 Å². The van der Waals surface area contributed by atoms with Crippen LogP contribution in [0, 0.1) is 0 Å². The van der Waals surface area contributed by atoms with E-state index in [1.54, 1.807) is 20.5 Å². The van der Waals surface area contributed by atoms with Gasteiger partial charge in [-0.2, -0.15) is 0 Å².